The molecule has 0 atom stereocenters. The number of nitrogens with zero attached hydrogens (tertiary/aromatic N) is 2. The Labute approximate surface area is 143 Å². The van der Waals surface area contributed by atoms with E-state index in [0.29, 0.717) is 11.9 Å². The molecule has 122 valence electrons. The molecule has 0 fully saturated rings. The fourth-order valence-corrected chi connectivity index (χ4v) is 2.34. The van der Waals surface area contributed by atoms with Gasteiger partial charge in [0.05, 0.1) is 5.56 Å². The summed E-state index contributed by atoms with van der Waals surface area (Å²) < 4.78 is 36.9. The maximum atomic E-state index is 13.1. The summed E-state index contributed by atoms with van der Waals surface area (Å²) in [6.07, 6.45) is 0. The quantitative estimate of drug-likeness (QED) is 0.622. The van der Waals surface area contributed by atoms with Crippen LogP contribution in [0.25, 0.3) is 11.4 Å². The summed E-state index contributed by atoms with van der Waals surface area (Å²) in [5, 5.41) is 3.79. The lowest BCUT2D eigenvalue weighted by molar-refractivity contribution is 0.0428. The maximum Gasteiger partial charge on any atom is 0.338 e. The second-order valence-corrected chi connectivity index (χ2v) is 5.67. The second kappa shape index (κ2) is 6.88. The third-order valence-corrected chi connectivity index (χ3v) is 3.47. The Morgan fingerprint density at radius 3 is 2.62 bits per heavy atom. The molecule has 0 aliphatic rings. The first kappa shape index (κ1) is 16.3. The summed E-state index contributed by atoms with van der Waals surface area (Å²) >= 11 is 3.34. The fraction of sp³-hybridized carbons (Fsp3) is 0.0625. The Bertz CT molecular complexity index is 878. The Hall–Kier alpha value is -2.61. The minimum Gasteiger partial charge on any atom is -0.452 e. The molecule has 0 bridgehead atoms. The van der Waals surface area contributed by atoms with Crippen LogP contribution in [-0.2, 0) is 11.3 Å². The van der Waals surface area contributed by atoms with E-state index in [2.05, 4.69) is 26.1 Å². The summed E-state index contributed by atoms with van der Waals surface area (Å²) in [5.74, 6) is -2.22. The molecular formula is C16H9BrF2N2O3. The highest BCUT2D eigenvalue weighted by Gasteiger charge is 2.14. The van der Waals surface area contributed by atoms with E-state index in [1.807, 2.05) is 12.1 Å². The van der Waals surface area contributed by atoms with E-state index >= 15 is 0 Å². The first-order valence-electron chi connectivity index (χ1n) is 6.73. The van der Waals surface area contributed by atoms with E-state index in [0.717, 1.165) is 22.2 Å². The van der Waals surface area contributed by atoms with Gasteiger partial charge in [0.2, 0.25) is 5.82 Å². The number of aromatic nitrogens is 2. The predicted molar refractivity (Wildman–Crippen MR) is 82.9 cm³/mol. The first-order valence-corrected chi connectivity index (χ1v) is 7.52. The van der Waals surface area contributed by atoms with Crippen molar-refractivity contribution in [3.63, 3.8) is 0 Å². The van der Waals surface area contributed by atoms with Crippen molar-refractivity contribution in [1.82, 2.24) is 10.1 Å². The van der Waals surface area contributed by atoms with E-state index in [4.69, 9.17) is 9.26 Å². The van der Waals surface area contributed by atoms with Gasteiger partial charge in [0.15, 0.2) is 6.61 Å². The Balaban J connectivity index is 1.68. The third-order valence-electron chi connectivity index (χ3n) is 2.98. The summed E-state index contributed by atoms with van der Waals surface area (Å²) in [5.41, 5.74) is 0.483. The molecule has 3 rings (SSSR count). The number of halogens is 3. The number of hydrogen-bond acceptors (Lipinski definition) is 5. The van der Waals surface area contributed by atoms with Gasteiger partial charge in [0.25, 0.3) is 5.89 Å². The van der Waals surface area contributed by atoms with E-state index in [1.165, 1.54) is 0 Å². The SMILES string of the molecule is O=C(OCc1nc(-c2cccc(Br)c2)no1)c1cc(F)cc(F)c1. The average Bonchev–Trinajstić information content (AvgIpc) is 3.00. The topological polar surface area (TPSA) is 65.2 Å². The molecule has 1 heterocycles. The van der Waals surface area contributed by atoms with Gasteiger partial charge in [0.1, 0.15) is 11.6 Å². The lowest BCUT2D eigenvalue weighted by Gasteiger charge is -2.02. The molecule has 0 aliphatic carbocycles. The van der Waals surface area contributed by atoms with Crippen LogP contribution in [0, 0.1) is 11.6 Å². The molecule has 24 heavy (non-hydrogen) atoms. The molecule has 0 saturated heterocycles. The van der Waals surface area contributed by atoms with E-state index < -0.39 is 17.6 Å². The zero-order valence-corrected chi connectivity index (χ0v) is 13.6. The van der Waals surface area contributed by atoms with Crippen molar-refractivity contribution < 1.29 is 22.8 Å². The van der Waals surface area contributed by atoms with Crippen molar-refractivity contribution in [1.29, 1.82) is 0 Å². The van der Waals surface area contributed by atoms with Gasteiger partial charge in [-0.25, -0.2) is 13.6 Å². The van der Waals surface area contributed by atoms with Gasteiger partial charge < -0.3 is 9.26 Å². The van der Waals surface area contributed by atoms with Gasteiger partial charge in [0, 0.05) is 16.1 Å². The van der Waals surface area contributed by atoms with Gasteiger partial charge in [-0.1, -0.05) is 33.2 Å². The number of benzene rings is 2. The van der Waals surface area contributed by atoms with Crippen molar-refractivity contribution in [2.24, 2.45) is 0 Å². The fourth-order valence-electron chi connectivity index (χ4n) is 1.94. The van der Waals surface area contributed by atoms with Crippen LogP contribution >= 0.6 is 15.9 Å². The maximum absolute atomic E-state index is 13.1. The minimum absolute atomic E-state index is 0.0650. The molecule has 0 saturated carbocycles. The number of ether oxygens (including phenoxy) is 1. The van der Waals surface area contributed by atoms with Crippen molar-refractivity contribution in [3.8, 4) is 11.4 Å². The van der Waals surface area contributed by atoms with Gasteiger partial charge in [-0.05, 0) is 24.3 Å². The lowest BCUT2D eigenvalue weighted by Crippen LogP contribution is -2.06. The lowest BCUT2D eigenvalue weighted by atomic mass is 10.2. The van der Waals surface area contributed by atoms with E-state index in [9.17, 15) is 13.6 Å². The van der Waals surface area contributed by atoms with Crippen LogP contribution in [0.3, 0.4) is 0 Å². The average molecular weight is 395 g/mol. The molecule has 0 amide bonds. The summed E-state index contributed by atoms with van der Waals surface area (Å²) in [6.45, 7) is -0.308. The number of carbonyl (C=O) groups is 1. The molecule has 3 aromatic rings. The van der Waals surface area contributed by atoms with Crippen molar-refractivity contribution in [3.05, 3.63) is 70.0 Å². The Morgan fingerprint density at radius 1 is 1.17 bits per heavy atom. The van der Waals surface area contributed by atoms with Crippen molar-refractivity contribution in [2.75, 3.05) is 0 Å². The molecule has 0 radical (unpaired) electrons. The normalized spacial score (nSPS) is 10.6. The molecule has 0 unspecified atom stereocenters. The highest BCUT2D eigenvalue weighted by atomic mass is 79.9. The first-order chi connectivity index (χ1) is 11.5. The standard InChI is InChI=1S/C16H9BrF2N2O3/c17-11-3-1-2-9(4-11)15-20-14(24-21-15)8-23-16(22)10-5-12(18)7-13(19)6-10/h1-7H,8H2. The zero-order chi connectivity index (χ0) is 17.1. The second-order valence-electron chi connectivity index (χ2n) is 4.76. The summed E-state index contributed by atoms with van der Waals surface area (Å²) in [4.78, 5) is 15.9. The van der Waals surface area contributed by atoms with E-state index in [-0.39, 0.29) is 18.1 Å². The molecule has 0 spiro atoms. The number of hydrogen-bond donors (Lipinski definition) is 0. The molecule has 0 N–H and O–H groups in total. The molecule has 8 heteroatoms. The molecular weight excluding hydrogens is 386 g/mol. The monoisotopic (exact) mass is 394 g/mol. The van der Waals surface area contributed by atoms with Gasteiger partial charge in [-0.3, -0.25) is 0 Å². The van der Waals surface area contributed by atoms with Crippen LogP contribution in [0.1, 0.15) is 16.2 Å². The van der Waals surface area contributed by atoms with Crippen molar-refractivity contribution in [2.45, 2.75) is 6.61 Å². The van der Waals surface area contributed by atoms with Gasteiger partial charge >= 0.3 is 5.97 Å². The third kappa shape index (κ3) is 3.83. The number of carbonyl (C=O) groups excluding carboxylic acids is 1. The molecule has 5 nitrogen and oxygen atoms in total. The highest BCUT2D eigenvalue weighted by molar-refractivity contribution is 9.10. The highest BCUT2D eigenvalue weighted by Crippen LogP contribution is 2.20. The van der Waals surface area contributed by atoms with Crippen LogP contribution in [0.4, 0.5) is 8.78 Å². The van der Waals surface area contributed by atoms with Crippen molar-refractivity contribution >= 4 is 21.9 Å². The van der Waals surface area contributed by atoms with E-state index in [1.54, 1.807) is 12.1 Å². The van der Waals surface area contributed by atoms with Crippen LogP contribution in [0.15, 0.2) is 51.5 Å². The molecule has 0 aliphatic heterocycles. The summed E-state index contributed by atoms with van der Waals surface area (Å²) in [6, 6.07) is 9.69. The smallest absolute Gasteiger partial charge is 0.338 e. The van der Waals surface area contributed by atoms with Crippen LogP contribution < -0.4 is 0 Å². The van der Waals surface area contributed by atoms with Crippen LogP contribution in [0.5, 0.6) is 0 Å². The van der Waals surface area contributed by atoms with Crippen LogP contribution in [0.2, 0.25) is 0 Å². The largest absolute Gasteiger partial charge is 0.452 e. The number of rotatable bonds is 4. The molecule has 1 aromatic heterocycles. The zero-order valence-electron chi connectivity index (χ0n) is 12.0. The predicted octanol–water partition coefficient (Wildman–Crippen LogP) is 4.13. The van der Waals surface area contributed by atoms with Crippen LogP contribution in [-0.4, -0.2) is 16.1 Å². The minimum atomic E-state index is -0.893. The Kier molecular flexibility index (Phi) is 4.66. The van der Waals surface area contributed by atoms with Gasteiger partial charge in [-0.2, -0.15) is 4.98 Å². The Morgan fingerprint density at radius 2 is 1.92 bits per heavy atom. The van der Waals surface area contributed by atoms with Gasteiger partial charge in [-0.15, -0.1) is 0 Å². The summed E-state index contributed by atoms with van der Waals surface area (Å²) in [7, 11) is 0. The molecule has 2 aromatic carbocycles. The number of esters is 1.